The highest BCUT2D eigenvalue weighted by Gasteiger charge is 2.30. The van der Waals surface area contributed by atoms with Crippen molar-refractivity contribution in [1.82, 2.24) is 9.62 Å². The number of ether oxygens (including phenoxy) is 1. The molecule has 2 aliphatic heterocycles. The van der Waals surface area contributed by atoms with Crippen LogP contribution in [-0.4, -0.2) is 44.5 Å². The topological polar surface area (TPSA) is 58.6 Å². The molecule has 5 nitrogen and oxygen atoms in total. The number of nitrogens with one attached hydrogen (secondary N) is 1. The maximum Gasteiger partial charge on any atom is 0.243 e. The molecule has 1 aromatic carbocycles. The molecule has 2 heterocycles. The maximum absolute atomic E-state index is 12.7. The van der Waals surface area contributed by atoms with Crippen molar-refractivity contribution in [2.45, 2.75) is 37.3 Å². The minimum atomic E-state index is -3.40. The van der Waals surface area contributed by atoms with E-state index in [0.29, 0.717) is 24.5 Å². The van der Waals surface area contributed by atoms with Crippen molar-refractivity contribution in [1.29, 1.82) is 0 Å². The summed E-state index contributed by atoms with van der Waals surface area (Å²) in [6.07, 6.45) is 0.901. The number of benzene rings is 1. The van der Waals surface area contributed by atoms with Crippen LogP contribution in [0.4, 0.5) is 0 Å². The maximum atomic E-state index is 12.7. The molecule has 2 atom stereocenters. The lowest BCUT2D eigenvalue weighted by Gasteiger charge is -2.31. The van der Waals surface area contributed by atoms with E-state index in [1.165, 1.54) is 0 Å². The first-order valence-corrected chi connectivity index (χ1v) is 8.44. The van der Waals surface area contributed by atoms with E-state index in [1.54, 1.807) is 22.5 Å². The zero-order chi connectivity index (χ0) is 14.3. The number of hydrogen-bond donors (Lipinski definition) is 1. The quantitative estimate of drug-likeness (QED) is 0.884. The molecule has 1 saturated heterocycles. The summed E-state index contributed by atoms with van der Waals surface area (Å²) < 4.78 is 32.5. The molecule has 0 aliphatic carbocycles. The van der Waals surface area contributed by atoms with Gasteiger partial charge in [-0.25, -0.2) is 8.42 Å². The predicted octanol–water partition coefficient (Wildman–Crippen LogP) is 0.992. The fourth-order valence-electron chi connectivity index (χ4n) is 2.82. The lowest BCUT2D eigenvalue weighted by atomic mass is 10.1. The van der Waals surface area contributed by atoms with E-state index in [9.17, 15) is 8.42 Å². The van der Waals surface area contributed by atoms with Crippen molar-refractivity contribution >= 4 is 10.0 Å². The molecule has 3 rings (SSSR count). The number of piperazine rings is 1. The van der Waals surface area contributed by atoms with Crippen LogP contribution in [-0.2, 0) is 16.4 Å². The van der Waals surface area contributed by atoms with Crippen molar-refractivity contribution in [2.75, 3.05) is 19.6 Å². The van der Waals surface area contributed by atoms with Crippen LogP contribution in [0.15, 0.2) is 23.1 Å². The monoisotopic (exact) mass is 296 g/mol. The van der Waals surface area contributed by atoms with E-state index in [4.69, 9.17) is 4.74 Å². The summed E-state index contributed by atoms with van der Waals surface area (Å²) in [4.78, 5) is 0.378. The van der Waals surface area contributed by atoms with Gasteiger partial charge in [-0.2, -0.15) is 4.31 Å². The van der Waals surface area contributed by atoms with Gasteiger partial charge in [0.1, 0.15) is 11.9 Å². The molecule has 110 valence electrons. The smallest absolute Gasteiger partial charge is 0.243 e. The van der Waals surface area contributed by atoms with Gasteiger partial charge in [-0.15, -0.1) is 0 Å². The van der Waals surface area contributed by atoms with E-state index in [2.05, 4.69) is 5.32 Å². The normalized spacial score (nSPS) is 27.1. The van der Waals surface area contributed by atoms with Crippen molar-refractivity contribution in [3.8, 4) is 5.75 Å². The highest BCUT2D eigenvalue weighted by Crippen LogP contribution is 2.31. The molecule has 2 aliphatic rings. The third-order valence-electron chi connectivity index (χ3n) is 3.84. The Morgan fingerprint density at radius 1 is 1.35 bits per heavy atom. The zero-order valence-corrected chi connectivity index (χ0v) is 12.6. The summed E-state index contributed by atoms with van der Waals surface area (Å²) in [5, 5.41) is 3.26. The molecule has 0 spiro atoms. The fourth-order valence-corrected chi connectivity index (χ4v) is 4.40. The van der Waals surface area contributed by atoms with Crippen LogP contribution in [0.3, 0.4) is 0 Å². The van der Waals surface area contributed by atoms with Gasteiger partial charge in [-0.1, -0.05) is 0 Å². The molecule has 0 bridgehead atoms. The largest absolute Gasteiger partial charge is 0.490 e. The predicted molar refractivity (Wildman–Crippen MR) is 76.5 cm³/mol. The molecule has 20 heavy (non-hydrogen) atoms. The van der Waals surface area contributed by atoms with Crippen molar-refractivity contribution in [3.63, 3.8) is 0 Å². The molecular formula is C14H20N2O3S. The Bertz CT molecular complexity index is 615. The van der Waals surface area contributed by atoms with E-state index >= 15 is 0 Å². The summed E-state index contributed by atoms with van der Waals surface area (Å²) in [6.45, 7) is 5.74. The van der Waals surface area contributed by atoms with Crippen molar-refractivity contribution in [2.24, 2.45) is 0 Å². The number of rotatable bonds is 2. The Morgan fingerprint density at radius 3 is 2.90 bits per heavy atom. The second-order valence-corrected chi connectivity index (χ2v) is 7.56. The third-order valence-corrected chi connectivity index (χ3v) is 5.70. The Morgan fingerprint density at radius 2 is 2.15 bits per heavy atom. The van der Waals surface area contributed by atoms with Crippen LogP contribution in [0, 0.1) is 0 Å². The Kier molecular flexibility index (Phi) is 3.48. The lowest BCUT2D eigenvalue weighted by molar-refractivity contribution is 0.254. The fraction of sp³-hybridized carbons (Fsp3) is 0.571. The Labute approximate surface area is 120 Å². The number of fused-ring (bicyclic) bond motifs is 1. The highest BCUT2D eigenvalue weighted by molar-refractivity contribution is 7.89. The van der Waals surface area contributed by atoms with Gasteiger partial charge in [-0.3, -0.25) is 0 Å². The average Bonchev–Trinajstić information content (AvgIpc) is 2.77. The molecule has 0 aromatic heterocycles. The van der Waals surface area contributed by atoms with Crippen LogP contribution in [0.25, 0.3) is 0 Å². The van der Waals surface area contributed by atoms with Gasteiger partial charge < -0.3 is 10.1 Å². The van der Waals surface area contributed by atoms with Gasteiger partial charge in [0.15, 0.2) is 0 Å². The molecule has 0 saturated carbocycles. The standard InChI is InChI=1S/C14H20N2O3S/c1-10-9-16(6-5-15-10)20(17,18)13-3-4-14-12(8-13)7-11(2)19-14/h3-4,8,10-11,15H,5-7,9H2,1-2H3. The van der Waals surface area contributed by atoms with Crippen LogP contribution in [0.2, 0.25) is 0 Å². The second-order valence-electron chi connectivity index (χ2n) is 5.62. The van der Waals surface area contributed by atoms with Gasteiger partial charge >= 0.3 is 0 Å². The minimum Gasteiger partial charge on any atom is -0.490 e. The zero-order valence-electron chi connectivity index (χ0n) is 11.8. The van der Waals surface area contributed by atoms with Gasteiger partial charge in [0.25, 0.3) is 0 Å². The van der Waals surface area contributed by atoms with Crippen LogP contribution in [0.5, 0.6) is 5.75 Å². The van der Waals surface area contributed by atoms with Crippen molar-refractivity contribution < 1.29 is 13.2 Å². The van der Waals surface area contributed by atoms with E-state index < -0.39 is 10.0 Å². The first-order chi connectivity index (χ1) is 9.46. The summed E-state index contributed by atoms with van der Waals surface area (Å²) in [5.41, 5.74) is 0.988. The molecule has 1 N–H and O–H groups in total. The first kappa shape index (κ1) is 13.9. The third kappa shape index (κ3) is 2.43. The summed E-state index contributed by atoms with van der Waals surface area (Å²) in [5.74, 6) is 0.810. The molecule has 6 heteroatoms. The summed E-state index contributed by atoms with van der Waals surface area (Å²) >= 11 is 0. The number of hydrogen-bond acceptors (Lipinski definition) is 4. The van der Waals surface area contributed by atoms with Gasteiger partial charge in [0.2, 0.25) is 10.0 Å². The molecule has 1 aromatic rings. The second kappa shape index (κ2) is 5.02. The van der Waals surface area contributed by atoms with E-state index in [-0.39, 0.29) is 12.1 Å². The van der Waals surface area contributed by atoms with Crippen molar-refractivity contribution in [3.05, 3.63) is 23.8 Å². The van der Waals surface area contributed by atoms with Crippen LogP contribution >= 0.6 is 0 Å². The van der Waals surface area contributed by atoms with Gasteiger partial charge in [-0.05, 0) is 37.6 Å². The molecule has 1 fully saturated rings. The lowest BCUT2D eigenvalue weighted by Crippen LogP contribution is -2.51. The SMILES string of the molecule is CC1CN(S(=O)(=O)c2ccc3c(c2)CC(C)O3)CCN1. The Hall–Kier alpha value is -1.11. The number of nitrogens with zero attached hydrogens (tertiary/aromatic N) is 1. The highest BCUT2D eigenvalue weighted by atomic mass is 32.2. The summed E-state index contributed by atoms with van der Waals surface area (Å²) in [6, 6.07) is 5.38. The Balaban J connectivity index is 1.90. The molecular weight excluding hydrogens is 276 g/mol. The minimum absolute atomic E-state index is 0.127. The van der Waals surface area contributed by atoms with Crippen LogP contribution in [0.1, 0.15) is 19.4 Å². The number of sulfonamides is 1. The molecule has 0 amide bonds. The van der Waals surface area contributed by atoms with E-state index in [0.717, 1.165) is 17.7 Å². The molecule has 0 radical (unpaired) electrons. The average molecular weight is 296 g/mol. The molecule has 2 unspecified atom stereocenters. The first-order valence-electron chi connectivity index (χ1n) is 7.00. The summed E-state index contributed by atoms with van der Waals surface area (Å²) in [7, 11) is -3.40. The van der Waals surface area contributed by atoms with Gasteiger partial charge in [0.05, 0.1) is 4.90 Å². The van der Waals surface area contributed by atoms with Gasteiger partial charge in [0, 0.05) is 32.1 Å². The van der Waals surface area contributed by atoms with Crippen LogP contribution < -0.4 is 10.1 Å². The van der Waals surface area contributed by atoms with E-state index in [1.807, 2.05) is 13.8 Å².